The second-order valence-corrected chi connectivity index (χ2v) is 4.16. The molecule has 1 fully saturated rings. The third kappa shape index (κ3) is 1.62. The molecule has 3 nitrogen and oxygen atoms in total. The lowest BCUT2D eigenvalue weighted by Crippen LogP contribution is -2.49. The molecule has 15 heavy (non-hydrogen) atoms. The van der Waals surface area contributed by atoms with Crippen LogP contribution in [-0.4, -0.2) is 18.9 Å². The lowest BCUT2D eigenvalue weighted by molar-refractivity contribution is -0.218. The van der Waals surface area contributed by atoms with Gasteiger partial charge in [0.25, 0.3) is 0 Å². The van der Waals surface area contributed by atoms with Gasteiger partial charge in [0.2, 0.25) is 5.79 Å². The van der Waals surface area contributed by atoms with E-state index in [0.717, 1.165) is 37.2 Å². The lowest BCUT2D eigenvalue weighted by Gasteiger charge is -2.41. The zero-order valence-corrected chi connectivity index (χ0v) is 8.66. The highest BCUT2D eigenvalue weighted by molar-refractivity contribution is 5.34. The van der Waals surface area contributed by atoms with Crippen molar-refractivity contribution in [2.45, 2.75) is 25.2 Å². The molecule has 0 amide bonds. The van der Waals surface area contributed by atoms with Gasteiger partial charge in [0.05, 0.1) is 6.61 Å². The number of fused-ring (bicyclic) bond motifs is 1. The Hall–Kier alpha value is -1.06. The first-order valence-electron chi connectivity index (χ1n) is 5.50. The molecule has 2 heterocycles. The van der Waals surface area contributed by atoms with Crippen LogP contribution in [0.2, 0.25) is 0 Å². The molecule has 1 N–H and O–H groups in total. The summed E-state index contributed by atoms with van der Waals surface area (Å²) in [7, 11) is 0. The second-order valence-electron chi connectivity index (χ2n) is 4.16. The molecule has 1 spiro atoms. The standard InChI is InChI=1S/C12H15NO2/c1-2-4-11-10(3-1)9-14-12(15-11)5-7-13-8-6-12/h1-4,13H,5-9H2. The molecule has 0 radical (unpaired) electrons. The first-order chi connectivity index (χ1) is 7.38. The fourth-order valence-electron chi connectivity index (χ4n) is 2.22. The zero-order valence-electron chi connectivity index (χ0n) is 8.66. The van der Waals surface area contributed by atoms with Crippen LogP contribution in [0.5, 0.6) is 5.75 Å². The van der Waals surface area contributed by atoms with Gasteiger partial charge in [-0.2, -0.15) is 0 Å². The molecule has 0 aromatic heterocycles. The van der Waals surface area contributed by atoms with Gasteiger partial charge in [-0.1, -0.05) is 18.2 Å². The van der Waals surface area contributed by atoms with Crippen molar-refractivity contribution in [2.75, 3.05) is 13.1 Å². The predicted octanol–water partition coefficient (Wildman–Crippen LogP) is 1.68. The third-order valence-electron chi connectivity index (χ3n) is 3.12. The zero-order chi connectivity index (χ0) is 10.1. The van der Waals surface area contributed by atoms with Gasteiger partial charge in [-0.05, 0) is 6.07 Å². The summed E-state index contributed by atoms with van der Waals surface area (Å²) in [6.45, 7) is 2.63. The lowest BCUT2D eigenvalue weighted by atomic mass is 10.0. The van der Waals surface area contributed by atoms with Crippen LogP contribution in [0.15, 0.2) is 24.3 Å². The molecule has 0 bridgehead atoms. The Labute approximate surface area is 89.4 Å². The number of hydrogen-bond donors (Lipinski definition) is 1. The highest BCUT2D eigenvalue weighted by Crippen LogP contribution is 2.35. The van der Waals surface area contributed by atoms with E-state index in [9.17, 15) is 0 Å². The van der Waals surface area contributed by atoms with Gasteiger partial charge >= 0.3 is 0 Å². The summed E-state index contributed by atoms with van der Waals surface area (Å²) in [6, 6.07) is 8.12. The predicted molar refractivity (Wildman–Crippen MR) is 56.7 cm³/mol. The van der Waals surface area contributed by atoms with E-state index in [4.69, 9.17) is 9.47 Å². The highest BCUT2D eigenvalue weighted by Gasteiger charge is 2.38. The van der Waals surface area contributed by atoms with Gasteiger partial charge in [-0.25, -0.2) is 0 Å². The number of piperidine rings is 1. The first-order valence-corrected chi connectivity index (χ1v) is 5.50. The van der Waals surface area contributed by atoms with E-state index >= 15 is 0 Å². The smallest absolute Gasteiger partial charge is 0.213 e. The van der Waals surface area contributed by atoms with E-state index in [2.05, 4.69) is 11.4 Å². The van der Waals surface area contributed by atoms with Crippen LogP contribution in [0, 0.1) is 0 Å². The van der Waals surface area contributed by atoms with Gasteiger partial charge in [-0.3, -0.25) is 0 Å². The summed E-state index contributed by atoms with van der Waals surface area (Å²) < 4.78 is 11.9. The van der Waals surface area contributed by atoms with Crippen LogP contribution in [0.1, 0.15) is 18.4 Å². The molecule has 2 aliphatic heterocycles. The molecule has 0 saturated carbocycles. The maximum absolute atomic E-state index is 6.00. The van der Waals surface area contributed by atoms with E-state index in [1.54, 1.807) is 0 Å². The minimum Gasteiger partial charge on any atom is -0.462 e. The van der Waals surface area contributed by atoms with Gasteiger partial charge in [0.1, 0.15) is 5.75 Å². The van der Waals surface area contributed by atoms with E-state index in [-0.39, 0.29) is 5.79 Å². The molecule has 0 atom stereocenters. The molecule has 3 rings (SSSR count). The van der Waals surface area contributed by atoms with Crippen LogP contribution >= 0.6 is 0 Å². The van der Waals surface area contributed by atoms with Crippen molar-refractivity contribution < 1.29 is 9.47 Å². The summed E-state index contributed by atoms with van der Waals surface area (Å²) in [5.41, 5.74) is 1.15. The first kappa shape index (κ1) is 9.19. The number of ether oxygens (including phenoxy) is 2. The van der Waals surface area contributed by atoms with Crippen molar-refractivity contribution in [1.29, 1.82) is 0 Å². The van der Waals surface area contributed by atoms with Crippen LogP contribution in [0.3, 0.4) is 0 Å². The third-order valence-corrected chi connectivity index (χ3v) is 3.12. The molecule has 0 aliphatic carbocycles. The van der Waals surface area contributed by atoms with Gasteiger partial charge in [0, 0.05) is 31.5 Å². The Bertz CT molecular complexity index is 358. The average Bonchev–Trinajstić information content (AvgIpc) is 2.30. The van der Waals surface area contributed by atoms with Crippen molar-refractivity contribution in [3.05, 3.63) is 29.8 Å². The summed E-state index contributed by atoms with van der Waals surface area (Å²) in [5, 5.41) is 3.32. The molecule has 2 aliphatic rings. The number of para-hydroxylation sites is 1. The largest absolute Gasteiger partial charge is 0.462 e. The van der Waals surface area contributed by atoms with Crippen LogP contribution < -0.4 is 10.1 Å². The minimum atomic E-state index is -0.362. The number of rotatable bonds is 0. The highest BCUT2D eigenvalue weighted by atomic mass is 16.7. The Morgan fingerprint density at radius 3 is 2.80 bits per heavy atom. The molecule has 1 saturated heterocycles. The molecule has 1 aromatic rings. The summed E-state index contributed by atoms with van der Waals surface area (Å²) in [6.07, 6.45) is 1.86. The van der Waals surface area contributed by atoms with E-state index in [1.165, 1.54) is 0 Å². The maximum Gasteiger partial charge on any atom is 0.213 e. The van der Waals surface area contributed by atoms with Crippen molar-refractivity contribution in [1.82, 2.24) is 5.32 Å². The normalized spacial score (nSPS) is 23.2. The molecule has 80 valence electrons. The SMILES string of the molecule is c1ccc2c(c1)COC1(CCNCC1)O2. The summed E-state index contributed by atoms with van der Waals surface area (Å²) in [5.74, 6) is 0.630. The van der Waals surface area contributed by atoms with Crippen molar-refractivity contribution in [3.8, 4) is 5.75 Å². The number of nitrogens with one attached hydrogen (secondary N) is 1. The van der Waals surface area contributed by atoms with Crippen LogP contribution in [0.25, 0.3) is 0 Å². The second kappa shape index (κ2) is 3.51. The monoisotopic (exact) mass is 205 g/mol. The van der Waals surface area contributed by atoms with Crippen molar-refractivity contribution in [2.24, 2.45) is 0 Å². The molecule has 0 unspecified atom stereocenters. The Kier molecular flexibility index (Phi) is 2.15. The Balaban J connectivity index is 1.87. The van der Waals surface area contributed by atoms with Gasteiger partial charge in [0.15, 0.2) is 0 Å². The fourth-order valence-corrected chi connectivity index (χ4v) is 2.22. The summed E-state index contributed by atoms with van der Waals surface area (Å²) >= 11 is 0. The maximum atomic E-state index is 6.00. The quantitative estimate of drug-likeness (QED) is 0.699. The molecular weight excluding hydrogens is 190 g/mol. The number of hydrogen-bond acceptors (Lipinski definition) is 3. The topological polar surface area (TPSA) is 30.5 Å². The van der Waals surface area contributed by atoms with E-state index in [0.29, 0.717) is 6.61 Å². The fraction of sp³-hybridized carbons (Fsp3) is 0.500. The molecule has 1 aromatic carbocycles. The van der Waals surface area contributed by atoms with E-state index in [1.807, 2.05) is 18.2 Å². The Morgan fingerprint density at radius 2 is 1.93 bits per heavy atom. The van der Waals surface area contributed by atoms with Crippen molar-refractivity contribution >= 4 is 0 Å². The van der Waals surface area contributed by atoms with E-state index < -0.39 is 0 Å². The van der Waals surface area contributed by atoms with Crippen LogP contribution in [-0.2, 0) is 11.3 Å². The van der Waals surface area contributed by atoms with Crippen molar-refractivity contribution in [3.63, 3.8) is 0 Å². The Morgan fingerprint density at radius 1 is 1.13 bits per heavy atom. The molecule has 3 heteroatoms. The van der Waals surface area contributed by atoms with Gasteiger partial charge in [-0.15, -0.1) is 0 Å². The average molecular weight is 205 g/mol. The summed E-state index contributed by atoms with van der Waals surface area (Å²) in [4.78, 5) is 0. The van der Waals surface area contributed by atoms with Gasteiger partial charge < -0.3 is 14.8 Å². The minimum absolute atomic E-state index is 0.362. The molecular formula is C12H15NO2. The van der Waals surface area contributed by atoms with Crippen LogP contribution in [0.4, 0.5) is 0 Å². The number of benzene rings is 1.